The fraction of sp³-hybridized carbons (Fsp3) is 0.636. The highest BCUT2D eigenvalue weighted by molar-refractivity contribution is 5.25. The molecule has 15 heavy (non-hydrogen) atoms. The molecule has 3 N–H and O–H groups in total. The van der Waals surface area contributed by atoms with Gasteiger partial charge in [-0.1, -0.05) is 19.3 Å². The summed E-state index contributed by atoms with van der Waals surface area (Å²) in [7, 11) is 0. The van der Waals surface area contributed by atoms with Crippen molar-refractivity contribution in [3.05, 3.63) is 18.5 Å². The summed E-state index contributed by atoms with van der Waals surface area (Å²) in [5.74, 6) is 0.694. The molecule has 0 aliphatic heterocycles. The van der Waals surface area contributed by atoms with Gasteiger partial charge in [0.2, 0.25) is 5.95 Å². The number of nitrogens with zero attached hydrogens (tertiary/aromatic N) is 2. The van der Waals surface area contributed by atoms with Crippen LogP contribution in [0.1, 0.15) is 32.1 Å². The smallest absolute Gasteiger partial charge is 0.222 e. The van der Waals surface area contributed by atoms with E-state index >= 15 is 0 Å². The van der Waals surface area contributed by atoms with Gasteiger partial charge in [-0.15, -0.1) is 0 Å². The molecule has 4 nitrogen and oxygen atoms in total. The van der Waals surface area contributed by atoms with Crippen LogP contribution in [-0.4, -0.2) is 22.1 Å². The number of nitrogens with one attached hydrogen (secondary N) is 1. The van der Waals surface area contributed by atoms with Crippen molar-refractivity contribution in [2.75, 3.05) is 5.32 Å². The zero-order valence-electron chi connectivity index (χ0n) is 8.89. The Labute approximate surface area is 90.3 Å². The average molecular weight is 206 g/mol. The monoisotopic (exact) mass is 206 g/mol. The van der Waals surface area contributed by atoms with E-state index in [1.165, 1.54) is 19.3 Å². The van der Waals surface area contributed by atoms with Crippen LogP contribution in [0.25, 0.3) is 0 Å². The highest BCUT2D eigenvalue weighted by Gasteiger charge is 2.20. The standard InChI is InChI=1S/C11H18N4/c12-9-5-2-1-3-6-10(9)15-11-13-7-4-8-14-11/h4,7-10H,1-3,5-6,12H2,(H,13,14,15). The third kappa shape index (κ3) is 2.89. The van der Waals surface area contributed by atoms with Gasteiger partial charge in [-0.2, -0.15) is 0 Å². The van der Waals surface area contributed by atoms with Crippen molar-refractivity contribution in [2.24, 2.45) is 5.73 Å². The molecule has 0 amide bonds. The molecule has 0 radical (unpaired) electrons. The van der Waals surface area contributed by atoms with Crippen LogP contribution in [0.5, 0.6) is 0 Å². The normalized spacial score (nSPS) is 27.0. The van der Waals surface area contributed by atoms with E-state index in [2.05, 4.69) is 15.3 Å². The Hall–Kier alpha value is -1.16. The van der Waals surface area contributed by atoms with Crippen LogP contribution >= 0.6 is 0 Å². The van der Waals surface area contributed by atoms with Crippen molar-refractivity contribution >= 4 is 5.95 Å². The highest BCUT2D eigenvalue weighted by atomic mass is 15.1. The van der Waals surface area contributed by atoms with Gasteiger partial charge >= 0.3 is 0 Å². The molecule has 0 spiro atoms. The van der Waals surface area contributed by atoms with Crippen LogP contribution < -0.4 is 11.1 Å². The number of aromatic nitrogens is 2. The Morgan fingerprint density at radius 1 is 1.13 bits per heavy atom. The van der Waals surface area contributed by atoms with E-state index in [0.717, 1.165) is 12.8 Å². The number of rotatable bonds is 2. The Morgan fingerprint density at radius 2 is 1.87 bits per heavy atom. The first-order chi connectivity index (χ1) is 7.36. The number of hydrogen-bond donors (Lipinski definition) is 2. The van der Waals surface area contributed by atoms with Gasteiger partial charge < -0.3 is 11.1 Å². The van der Waals surface area contributed by atoms with E-state index in [1.807, 2.05) is 6.07 Å². The van der Waals surface area contributed by atoms with Crippen molar-refractivity contribution in [1.82, 2.24) is 9.97 Å². The largest absolute Gasteiger partial charge is 0.350 e. The van der Waals surface area contributed by atoms with Crippen LogP contribution in [0, 0.1) is 0 Å². The van der Waals surface area contributed by atoms with Gasteiger partial charge in [0.25, 0.3) is 0 Å². The molecule has 1 aromatic rings. The highest BCUT2D eigenvalue weighted by Crippen LogP contribution is 2.18. The van der Waals surface area contributed by atoms with Gasteiger partial charge in [0, 0.05) is 24.5 Å². The van der Waals surface area contributed by atoms with Gasteiger partial charge in [-0.3, -0.25) is 0 Å². The maximum Gasteiger partial charge on any atom is 0.222 e. The Morgan fingerprint density at radius 3 is 2.67 bits per heavy atom. The van der Waals surface area contributed by atoms with Gasteiger partial charge in [0.15, 0.2) is 0 Å². The van der Waals surface area contributed by atoms with Gasteiger partial charge in [0.05, 0.1) is 0 Å². The van der Waals surface area contributed by atoms with E-state index in [0.29, 0.717) is 12.0 Å². The Kier molecular flexibility index (Phi) is 3.50. The minimum atomic E-state index is 0.233. The summed E-state index contributed by atoms with van der Waals surface area (Å²) in [5.41, 5.74) is 6.11. The molecule has 1 saturated carbocycles. The third-order valence-electron chi connectivity index (χ3n) is 2.95. The maximum absolute atomic E-state index is 6.11. The molecular weight excluding hydrogens is 188 g/mol. The molecule has 1 fully saturated rings. The van der Waals surface area contributed by atoms with Crippen molar-refractivity contribution in [2.45, 2.75) is 44.2 Å². The second-order valence-electron chi connectivity index (χ2n) is 4.13. The van der Waals surface area contributed by atoms with Gasteiger partial charge in [0.1, 0.15) is 0 Å². The average Bonchev–Trinajstić information content (AvgIpc) is 2.46. The van der Waals surface area contributed by atoms with E-state index in [1.54, 1.807) is 12.4 Å². The quantitative estimate of drug-likeness (QED) is 0.721. The fourth-order valence-electron chi connectivity index (χ4n) is 2.05. The van der Waals surface area contributed by atoms with Crippen molar-refractivity contribution in [1.29, 1.82) is 0 Å². The maximum atomic E-state index is 6.11. The molecule has 82 valence electrons. The Balaban J connectivity index is 1.97. The molecule has 0 saturated heterocycles. The zero-order valence-corrected chi connectivity index (χ0v) is 8.89. The molecule has 4 heteroatoms. The summed E-state index contributed by atoms with van der Waals surface area (Å²) in [5, 5.41) is 3.32. The summed E-state index contributed by atoms with van der Waals surface area (Å²) in [6.07, 6.45) is 9.51. The molecule has 0 bridgehead atoms. The molecule has 2 unspecified atom stereocenters. The number of anilines is 1. The molecule has 1 heterocycles. The van der Waals surface area contributed by atoms with Gasteiger partial charge in [-0.25, -0.2) is 9.97 Å². The first kappa shape index (κ1) is 10.4. The van der Waals surface area contributed by atoms with Crippen LogP contribution in [0.4, 0.5) is 5.95 Å². The summed E-state index contributed by atoms with van der Waals surface area (Å²) in [4.78, 5) is 8.32. The molecule has 1 aliphatic rings. The first-order valence-corrected chi connectivity index (χ1v) is 5.65. The van der Waals surface area contributed by atoms with E-state index in [-0.39, 0.29) is 6.04 Å². The van der Waals surface area contributed by atoms with Crippen molar-refractivity contribution in [3.8, 4) is 0 Å². The second-order valence-corrected chi connectivity index (χ2v) is 4.13. The minimum absolute atomic E-state index is 0.233. The second kappa shape index (κ2) is 5.07. The van der Waals surface area contributed by atoms with Crippen LogP contribution in [0.3, 0.4) is 0 Å². The van der Waals surface area contributed by atoms with Crippen LogP contribution in [-0.2, 0) is 0 Å². The summed E-state index contributed by atoms with van der Waals surface area (Å²) in [6, 6.07) is 2.38. The SMILES string of the molecule is NC1CCCCCC1Nc1ncccn1. The van der Waals surface area contributed by atoms with Crippen LogP contribution in [0.15, 0.2) is 18.5 Å². The zero-order chi connectivity index (χ0) is 10.5. The lowest BCUT2D eigenvalue weighted by Gasteiger charge is -2.22. The topological polar surface area (TPSA) is 63.8 Å². The van der Waals surface area contributed by atoms with Crippen LogP contribution in [0.2, 0.25) is 0 Å². The van der Waals surface area contributed by atoms with E-state index < -0.39 is 0 Å². The van der Waals surface area contributed by atoms with Gasteiger partial charge in [-0.05, 0) is 18.9 Å². The Bertz CT molecular complexity index is 288. The lowest BCUT2D eigenvalue weighted by molar-refractivity contribution is 0.525. The number of nitrogens with two attached hydrogens (primary N) is 1. The first-order valence-electron chi connectivity index (χ1n) is 5.65. The lowest BCUT2D eigenvalue weighted by atomic mass is 10.0. The minimum Gasteiger partial charge on any atom is -0.350 e. The summed E-state index contributed by atoms with van der Waals surface area (Å²) >= 11 is 0. The molecular formula is C11H18N4. The summed E-state index contributed by atoms with van der Waals surface area (Å²) < 4.78 is 0. The predicted molar refractivity (Wildman–Crippen MR) is 60.5 cm³/mol. The number of hydrogen-bond acceptors (Lipinski definition) is 4. The molecule has 0 aromatic carbocycles. The molecule has 2 rings (SSSR count). The predicted octanol–water partition coefficient (Wildman–Crippen LogP) is 1.55. The van der Waals surface area contributed by atoms with Crippen molar-refractivity contribution < 1.29 is 0 Å². The fourth-order valence-corrected chi connectivity index (χ4v) is 2.05. The molecule has 1 aromatic heterocycles. The summed E-state index contributed by atoms with van der Waals surface area (Å²) in [6.45, 7) is 0. The molecule has 2 atom stereocenters. The van der Waals surface area contributed by atoms with Crippen molar-refractivity contribution in [3.63, 3.8) is 0 Å². The van der Waals surface area contributed by atoms with E-state index in [4.69, 9.17) is 5.73 Å². The van der Waals surface area contributed by atoms with E-state index in [9.17, 15) is 0 Å². The molecule has 1 aliphatic carbocycles. The third-order valence-corrected chi connectivity index (χ3v) is 2.95. The lowest BCUT2D eigenvalue weighted by Crippen LogP contribution is -2.39.